The summed E-state index contributed by atoms with van der Waals surface area (Å²) in [5.41, 5.74) is 2.12. The van der Waals surface area contributed by atoms with E-state index in [0.717, 1.165) is 21.7 Å². The second kappa shape index (κ2) is 2.99. The molecular weight excluding hydrogens is 196 g/mol. The number of hydrogen-bond donors (Lipinski definition) is 1. The van der Waals surface area contributed by atoms with Crippen LogP contribution in [0.3, 0.4) is 0 Å². The molecule has 74 valence electrons. The zero-order valence-corrected chi connectivity index (χ0v) is 9.31. The fraction of sp³-hybridized carbons (Fsp3) is 0.364. The van der Waals surface area contributed by atoms with Crippen LogP contribution < -0.4 is 0 Å². The van der Waals surface area contributed by atoms with Gasteiger partial charge in [-0.15, -0.1) is 0 Å². The molecule has 2 aromatic rings. The lowest BCUT2D eigenvalue weighted by atomic mass is 9.92. The van der Waals surface area contributed by atoms with Gasteiger partial charge in [-0.05, 0) is 12.1 Å². The first-order valence-corrected chi connectivity index (χ1v) is 5.00. The van der Waals surface area contributed by atoms with Gasteiger partial charge in [-0.25, -0.2) is 4.98 Å². The Kier molecular flexibility index (Phi) is 2.04. The minimum Gasteiger partial charge on any atom is -0.343 e. The number of aromatic nitrogens is 2. The van der Waals surface area contributed by atoms with E-state index in [1.165, 1.54) is 0 Å². The van der Waals surface area contributed by atoms with E-state index in [0.29, 0.717) is 0 Å². The summed E-state index contributed by atoms with van der Waals surface area (Å²) in [5.74, 6) is 0. The van der Waals surface area contributed by atoms with Crippen LogP contribution in [0, 0.1) is 0 Å². The van der Waals surface area contributed by atoms with Gasteiger partial charge in [0.15, 0.2) is 0 Å². The molecule has 2 heterocycles. The molecule has 2 nitrogen and oxygen atoms in total. The summed E-state index contributed by atoms with van der Waals surface area (Å²) in [5, 5.41) is 1.75. The third kappa shape index (κ3) is 1.50. The van der Waals surface area contributed by atoms with Gasteiger partial charge in [0.05, 0.1) is 5.02 Å². The molecule has 2 rings (SSSR count). The molecule has 2 aromatic heterocycles. The van der Waals surface area contributed by atoms with Crippen LogP contribution in [0.1, 0.15) is 26.5 Å². The predicted octanol–water partition coefficient (Wildman–Crippen LogP) is 3.51. The Balaban J connectivity index is 2.69. The standard InChI is InChI=1S/C11H13ClN2/c1-11(2,3)9-6-7-8(12)4-5-13-10(7)14-9/h4-6H,1-3H3,(H,13,14). The summed E-state index contributed by atoms with van der Waals surface area (Å²) >= 11 is 6.06. The minimum atomic E-state index is 0.101. The third-order valence-electron chi connectivity index (χ3n) is 2.29. The van der Waals surface area contributed by atoms with E-state index in [9.17, 15) is 0 Å². The average Bonchev–Trinajstić information content (AvgIpc) is 2.48. The van der Waals surface area contributed by atoms with Gasteiger partial charge in [-0.3, -0.25) is 0 Å². The van der Waals surface area contributed by atoms with Gasteiger partial charge in [0, 0.05) is 22.7 Å². The average molecular weight is 209 g/mol. The van der Waals surface area contributed by atoms with Crippen molar-refractivity contribution >= 4 is 22.6 Å². The van der Waals surface area contributed by atoms with Gasteiger partial charge in [-0.2, -0.15) is 0 Å². The SMILES string of the molecule is CC(C)(C)c1cc2c(Cl)ccnc2[nH]1. The second-order valence-electron chi connectivity index (χ2n) is 4.49. The number of nitrogens with zero attached hydrogens (tertiary/aromatic N) is 1. The molecule has 0 radical (unpaired) electrons. The van der Waals surface area contributed by atoms with Gasteiger partial charge in [-0.1, -0.05) is 32.4 Å². The molecule has 0 aliphatic rings. The van der Waals surface area contributed by atoms with Crippen molar-refractivity contribution in [1.82, 2.24) is 9.97 Å². The highest BCUT2D eigenvalue weighted by molar-refractivity contribution is 6.35. The lowest BCUT2D eigenvalue weighted by Crippen LogP contribution is -2.11. The fourth-order valence-corrected chi connectivity index (χ4v) is 1.60. The van der Waals surface area contributed by atoms with Crippen molar-refractivity contribution in [2.75, 3.05) is 0 Å². The highest BCUT2D eigenvalue weighted by Crippen LogP contribution is 2.28. The molecule has 3 heteroatoms. The quantitative estimate of drug-likeness (QED) is 0.705. The molecule has 0 aliphatic carbocycles. The zero-order valence-electron chi connectivity index (χ0n) is 8.56. The molecule has 0 unspecified atom stereocenters. The largest absolute Gasteiger partial charge is 0.343 e. The summed E-state index contributed by atoms with van der Waals surface area (Å²) in [6.07, 6.45) is 1.72. The smallest absolute Gasteiger partial charge is 0.138 e. The van der Waals surface area contributed by atoms with Gasteiger partial charge in [0.2, 0.25) is 0 Å². The minimum absolute atomic E-state index is 0.101. The molecule has 0 saturated heterocycles. The van der Waals surface area contributed by atoms with Crippen molar-refractivity contribution in [3.8, 4) is 0 Å². The number of halogens is 1. The van der Waals surface area contributed by atoms with Crippen LogP contribution in [0.25, 0.3) is 11.0 Å². The number of nitrogens with one attached hydrogen (secondary N) is 1. The maximum atomic E-state index is 6.06. The molecule has 0 bridgehead atoms. The van der Waals surface area contributed by atoms with Crippen molar-refractivity contribution in [3.63, 3.8) is 0 Å². The van der Waals surface area contributed by atoms with Crippen molar-refractivity contribution < 1.29 is 0 Å². The predicted molar refractivity (Wildman–Crippen MR) is 59.8 cm³/mol. The van der Waals surface area contributed by atoms with E-state index < -0.39 is 0 Å². The number of aromatic amines is 1. The molecule has 1 N–H and O–H groups in total. The van der Waals surface area contributed by atoms with Crippen LogP contribution in [0.15, 0.2) is 18.3 Å². The van der Waals surface area contributed by atoms with Crippen molar-refractivity contribution in [1.29, 1.82) is 0 Å². The van der Waals surface area contributed by atoms with E-state index in [-0.39, 0.29) is 5.41 Å². The molecule has 0 spiro atoms. The molecule has 14 heavy (non-hydrogen) atoms. The van der Waals surface area contributed by atoms with E-state index in [2.05, 4.69) is 36.8 Å². The Morgan fingerprint density at radius 1 is 1.36 bits per heavy atom. The topological polar surface area (TPSA) is 28.7 Å². The van der Waals surface area contributed by atoms with Gasteiger partial charge in [0.25, 0.3) is 0 Å². The van der Waals surface area contributed by atoms with Crippen LogP contribution in [0.2, 0.25) is 5.02 Å². The Labute approximate surface area is 88.3 Å². The van der Waals surface area contributed by atoms with E-state index >= 15 is 0 Å². The summed E-state index contributed by atoms with van der Waals surface area (Å²) in [6.45, 7) is 6.48. The lowest BCUT2D eigenvalue weighted by Gasteiger charge is -2.15. The molecular formula is C11H13ClN2. The molecule has 0 atom stereocenters. The molecule has 0 aliphatic heterocycles. The zero-order chi connectivity index (χ0) is 10.3. The first-order valence-electron chi connectivity index (χ1n) is 4.62. The lowest BCUT2D eigenvalue weighted by molar-refractivity contribution is 0.574. The molecule has 0 saturated carbocycles. The second-order valence-corrected chi connectivity index (χ2v) is 4.90. The van der Waals surface area contributed by atoms with E-state index in [1.807, 2.05) is 6.07 Å². The highest BCUT2D eigenvalue weighted by Gasteiger charge is 2.17. The van der Waals surface area contributed by atoms with Gasteiger partial charge >= 0.3 is 0 Å². The van der Waals surface area contributed by atoms with E-state index in [4.69, 9.17) is 11.6 Å². The highest BCUT2D eigenvalue weighted by atomic mass is 35.5. The number of H-pyrrole nitrogens is 1. The Morgan fingerprint density at radius 2 is 2.07 bits per heavy atom. The Bertz CT molecular complexity index is 466. The van der Waals surface area contributed by atoms with Crippen LogP contribution in [0.5, 0.6) is 0 Å². The molecule has 0 amide bonds. The van der Waals surface area contributed by atoms with Crippen molar-refractivity contribution in [2.24, 2.45) is 0 Å². The third-order valence-corrected chi connectivity index (χ3v) is 2.62. The summed E-state index contributed by atoms with van der Waals surface area (Å²) in [7, 11) is 0. The fourth-order valence-electron chi connectivity index (χ4n) is 1.40. The van der Waals surface area contributed by atoms with Crippen LogP contribution in [0.4, 0.5) is 0 Å². The monoisotopic (exact) mass is 208 g/mol. The van der Waals surface area contributed by atoms with Crippen LogP contribution in [-0.2, 0) is 5.41 Å². The van der Waals surface area contributed by atoms with Crippen molar-refractivity contribution in [2.45, 2.75) is 26.2 Å². The maximum Gasteiger partial charge on any atom is 0.138 e. The van der Waals surface area contributed by atoms with Crippen molar-refractivity contribution in [3.05, 3.63) is 29.0 Å². The van der Waals surface area contributed by atoms with Gasteiger partial charge < -0.3 is 4.98 Å². The Hall–Kier alpha value is -1.02. The summed E-state index contributed by atoms with van der Waals surface area (Å²) in [6, 6.07) is 3.88. The number of rotatable bonds is 0. The number of hydrogen-bond acceptors (Lipinski definition) is 1. The molecule has 0 fully saturated rings. The molecule has 0 aromatic carbocycles. The van der Waals surface area contributed by atoms with Gasteiger partial charge in [0.1, 0.15) is 5.65 Å². The normalized spacial score (nSPS) is 12.3. The van der Waals surface area contributed by atoms with Crippen LogP contribution in [-0.4, -0.2) is 9.97 Å². The first-order chi connectivity index (χ1) is 6.48. The summed E-state index contributed by atoms with van der Waals surface area (Å²) in [4.78, 5) is 7.52. The number of pyridine rings is 1. The van der Waals surface area contributed by atoms with Crippen LogP contribution >= 0.6 is 11.6 Å². The first kappa shape index (κ1) is 9.53. The maximum absolute atomic E-state index is 6.06. The summed E-state index contributed by atoms with van der Waals surface area (Å²) < 4.78 is 0. The Morgan fingerprint density at radius 3 is 2.64 bits per heavy atom. The number of fused-ring (bicyclic) bond motifs is 1. The van der Waals surface area contributed by atoms with E-state index in [1.54, 1.807) is 6.20 Å².